The van der Waals surface area contributed by atoms with Crippen molar-refractivity contribution in [3.05, 3.63) is 23.4 Å². The van der Waals surface area contributed by atoms with E-state index in [0.29, 0.717) is 0 Å². The van der Waals surface area contributed by atoms with Crippen LogP contribution in [0.5, 0.6) is 0 Å². The maximum atomic E-state index is 7.79. The number of likely N-dealkylation sites (N-methyl/N-ethyl adjacent to an activating group) is 2. The van der Waals surface area contributed by atoms with E-state index in [1.807, 2.05) is 20.0 Å². The number of anilines is 1. The molecule has 0 amide bonds. The summed E-state index contributed by atoms with van der Waals surface area (Å²) >= 11 is 0. The van der Waals surface area contributed by atoms with Crippen LogP contribution in [0.3, 0.4) is 0 Å². The van der Waals surface area contributed by atoms with Crippen LogP contribution in [0.15, 0.2) is 12.3 Å². The minimum Gasteiger partial charge on any atom is -0.384 e. The molecule has 0 spiro atoms. The normalized spacial score (nSPS) is 16.9. The smallest absolute Gasteiger partial charge is 0.139 e. The van der Waals surface area contributed by atoms with Gasteiger partial charge in [0.05, 0.1) is 5.56 Å². The average molecular weight is 275 g/mol. The number of amidine groups is 1. The molecular formula is C15H25N5. The van der Waals surface area contributed by atoms with Gasteiger partial charge < -0.3 is 15.5 Å². The van der Waals surface area contributed by atoms with Gasteiger partial charge in [-0.05, 0) is 51.9 Å². The van der Waals surface area contributed by atoms with E-state index < -0.39 is 0 Å². The number of hydrogen-bond acceptors (Lipinski definition) is 4. The lowest BCUT2D eigenvalue weighted by molar-refractivity contribution is 0.0682. The number of aryl methyl sites for hydroxylation is 1. The van der Waals surface area contributed by atoms with Gasteiger partial charge in [0.2, 0.25) is 0 Å². The summed E-state index contributed by atoms with van der Waals surface area (Å²) in [5, 5.41) is 7.79. The standard InChI is InChI=1S/C15H25N5/c1-11-6-9-18-14(12(11)13(16)17)20(4)10-15(19(2)3)7-5-8-15/h6,9H,5,7-8,10H2,1-4H3,(H3,16,17). The van der Waals surface area contributed by atoms with Crippen molar-refractivity contribution in [1.29, 1.82) is 5.41 Å². The number of hydrogen-bond donors (Lipinski definition) is 2. The highest BCUT2D eigenvalue weighted by molar-refractivity contribution is 6.00. The van der Waals surface area contributed by atoms with E-state index in [0.717, 1.165) is 23.5 Å². The predicted molar refractivity (Wildman–Crippen MR) is 83.5 cm³/mol. The molecule has 1 heterocycles. The molecule has 0 atom stereocenters. The second-order valence-electron chi connectivity index (χ2n) is 6.07. The number of nitrogens with zero attached hydrogens (tertiary/aromatic N) is 3. The summed E-state index contributed by atoms with van der Waals surface area (Å²) in [6, 6.07) is 1.90. The summed E-state index contributed by atoms with van der Waals surface area (Å²) in [6.45, 7) is 2.89. The number of nitrogens with one attached hydrogen (secondary N) is 1. The Morgan fingerprint density at radius 3 is 2.50 bits per heavy atom. The molecule has 1 fully saturated rings. The van der Waals surface area contributed by atoms with E-state index in [-0.39, 0.29) is 11.4 Å². The van der Waals surface area contributed by atoms with E-state index in [4.69, 9.17) is 11.1 Å². The van der Waals surface area contributed by atoms with Crippen LogP contribution in [-0.2, 0) is 0 Å². The Morgan fingerprint density at radius 2 is 2.05 bits per heavy atom. The third-order valence-corrected chi connectivity index (χ3v) is 4.53. The van der Waals surface area contributed by atoms with E-state index in [1.54, 1.807) is 6.20 Å². The van der Waals surface area contributed by atoms with Crippen molar-refractivity contribution < 1.29 is 0 Å². The molecule has 1 saturated carbocycles. The largest absolute Gasteiger partial charge is 0.384 e. The lowest BCUT2D eigenvalue weighted by Crippen LogP contribution is -2.57. The zero-order valence-electron chi connectivity index (χ0n) is 12.9. The summed E-state index contributed by atoms with van der Waals surface area (Å²) in [5.74, 6) is 0.899. The predicted octanol–water partition coefficient (Wildman–Crippen LogP) is 1.59. The van der Waals surface area contributed by atoms with Gasteiger partial charge in [0.25, 0.3) is 0 Å². The second kappa shape index (κ2) is 5.40. The number of nitrogens with two attached hydrogens (primary N) is 1. The van der Waals surface area contributed by atoms with Gasteiger partial charge in [0.1, 0.15) is 11.7 Å². The minimum absolute atomic E-state index is 0.0879. The van der Waals surface area contributed by atoms with Gasteiger partial charge in [0, 0.05) is 25.3 Å². The number of aromatic nitrogens is 1. The van der Waals surface area contributed by atoms with Crippen LogP contribution < -0.4 is 10.6 Å². The van der Waals surface area contributed by atoms with Crippen molar-refractivity contribution in [2.75, 3.05) is 32.6 Å². The van der Waals surface area contributed by atoms with E-state index in [1.165, 1.54) is 19.3 Å². The lowest BCUT2D eigenvalue weighted by Gasteiger charge is -2.49. The number of rotatable bonds is 5. The molecule has 110 valence electrons. The highest BCUT2D eigenvalue weighted by atomic mass is 15.2. The van der Waals surface area contributed by atoms with Crippen molar-refractivity contribution >= 4 is 11.7 Å². The molecule has 0 saturated heterocycles. The van der Waals surface area contributed by atoms with Gasteiger partial charge in [-0.3, -0.25) is 5.41 Å². The molecule has 1 aliphatic rings. The molecule has 5 heteroatoms. The zero-order valence-corrected chi connectivity index (χ0v) is 12.9. The highest BCUT2D eigenvalue weighted by Crippen LogP contribution is 2.37. The molecule has 3 N–H and O–H groups in total. The molecule has 0 radical (unpaired) electrons. The summed E-state index contributed by atoms with van der Waals surface area (Å²) in [7, 11) is 6.32. The van der Waals surface area contributed by atoms with Gasteiger partial charge in [0.15, 0.2) is 0 Å². The molecule has 0 aliphatic heterocycles. The molecule has 1 aliphatic carbocycles. The maximum absolute atomic E-state index is 7.79. The SMILES string of the molecule is Cc1ccnc(N(C)CC2(N(C)C)CCC2)c1C(=N)N. The van der Waals surface area contributed by atoms with Crippen LogP contribution in [0.2, 0.25) is 0 Å². The Labute approximate surface area is 121 Å². The van der Waals surface area contributed by atoms with E-state index in [9.17, 15) is 0 Å². The Morgan fingerprint density at radius 1 is 1.40 bits per heavy atom. The number of nitrogen functional groups attached to an aromatic ring is 1. The average Bonchev–Trinajstić information content (AvgIpc) is 2.32. The van der Waals surface area contributed by atoms with Gasteiger partial charge in [-0.2, -0.15) is 0 Å². The van der Waals surface area contributed by atoms with Crippen LogP contribution in [-0.4, -0.2) is 48.9 Å². The van der Waals surface area contributed by atoms with Crippen LogP contribution in [0.25, 0.3) is 0 Å². The molecule has 0 aromatic carbocycles. The van der Waals surface area contributed by atoms with Crippen molar-refractivity contribution in [2.45, 2.75) is 31.7 Å². The summed E-state index contributed by atoms with van der Waals surface area (Å²) < 4.78 is 0. The first-order chi connectivity index (χ1) is 9.37. The molecule has 20 heavy (non-hydrogen) atoms. The molecule has 0 bridgehead atoms. The first-order valence-corrected chi connectivity index (χ1v) is 7.06. The van der Waals surface area contributed by atoms with Gasteiger partial charge in [-0.25, -0.2) is 4.98 Å². The second-order valence-corrected chi connectivity index (χ2v) is 6.07. The van der Waals surface area contributed by atoms with Gasteiger partial charge in [-0.15, -0.1) is 0 Å². The topological polar surface area (TPSA) is 69.2 Å². The lowest BCUT2D eigenvalue weighted by atomic mass is 9.75. The summed E-state index contributed by atoms with van der Waals surface area (Å²) in [5.41, 5.74) is 7.71. The Kier molecular flexibility index (Phi) is 3.99. The molecule has 2 rings (SSSR count). The molecule has 1 aromatic heterocycles. The third kappa shape index (κ3) is 2.50. The fourth-order valence-electron chi connectivity index (χ4n) is 3.01. The Hall–Kier alpha value is -1.62. The molecular weight excluding hydrogens is 250 g/mol. The molecule has 5 nitrogen and oxygen atoms in total. The number of pyridine rings is 1. The van der Waals surface area contributed by atoms with E-state index >= 15 is 0 Å². The fraction of sp³-hybridized carbons (Fsp3) is 0.600. The summed E-state index contributed by atoms with van der Waals surface area (Å²) in [4.78, 5) is 8.91. The molecule has 0 unspecified atom stereocenters. The van der Waals surface area contributed by atoms with E-state index in [2.05, 4.69) is 28.9 Å². The van der Waals surface area contributed by atoms with Crippen LogP contribution in [0, 0.1) is 12.3 Å². The van der Waals surface area contributed by atoms with Crippen molar-refractivity contribution in [3.63, 3.8) is 0 Å². The first-order valence-electron chi connectivity index (χ1n) is 7.06. The first kappa shape index (κ1) is 14.8. The van der Waals surface area contributed by atoms with Crippen molar-refractivity contribution in [3.8, 4) is 0 Å². The maximum Gasteiger partial charge on any atom is 0.139 e. The van der Waals surface area contributed by atoms with Crippen LogP contribution in [0.4, 0.5) is 5.82 Å². The quantitative estimate of drug-likeness (QED) is 0.632. The fourth-order valence-corrected chi connectivity index (χ4v) is 3.01. The minimum atomic E-state index is 0.0879. The Balaban J connectivity index is 2.28. The molecule has 1 aromatic rings. The third-order valence-electron chi connectivity index (χ3n) is 4.53. The van der Waals surface area contributed by atoms with Crippen LogP contribution in [0.1, 0.15) is 30.4 Å². The monoisotopic (exact) mass is 275 g/mol. The van der Waals surface area contributed by atoms with Gasteiger partial charge in [-0.1, -0.05) is 0 Å². The zero-order chi connectivity index (χ0) is 14.9. The summed E-state index contributed by atoms with van der Waals surface area (Å²) in [6.07, 6.45) is 5.50. The van der Waals surface area contributed by atoms with Crippen molar-refractivity contribution in [1.82, 2.24) is 9.88 Å². The van der Waals surface area contributed by atoms with Crippen molar-refractivity contribution in [2.24, 2.45) is 5.73 Å². The van der Waals surface area contributed by atoms with Crippen LogP contribution >= 0.6 is 0 Å². The Bertz CT molecular complexity index is 505. The highest BCUT2D eigenvalue weighted by Gasteiger charge is 2.40. The van der Waals surface area contributed by atoms with Gasteiger partial charge >= 0.3 is 0 Å².